The molecule has 8 nitrogen and oxygen atoms in total. The van der Waals surface area contributed by atoms with Crippen molar-refractivity contribution >= 4 is 13.8 Å². The predicted octanol–water partition coefficient (Wildman–Crippen LogP) is 11.4. The van der Waals surface area contributed by atoms with Crippen molar-refractivity contribution in [2.75, 3.05) is 54.1 Å². The van der Waals surface area contributed by atoms with Gasteiger partial charge in [0.15, 0.2) is 0 Å². The molecule has 2 atom stereocenters. The predicted molar refractivity (Wildman–Crippen MR) is 215 cm³/mol. The average molecular weight is 739 g/mol. The molecule has 0 aromatic heterocycles. The first kappa shape index (κ1) is 49.2. The fraction of sp³-hybridized carbons (Fsp3) is 0.738. The number of carbonyl (C=O) groups is 1. The highest BCUT2D eigenvalue weighted by molar-refractivity contribution is 7.47. The molecule has 1 N–H and O–H groups in total. The van der Waals surface area contributed by atoms with Crippen LogP contribution in [0.2, 0.25) is 0 Å². The van der Waals surface area contributed by atoms with E-state index in [1.165, 1.54) is 38.5 Å². The quantitative estimate of drug-likeness (QED) is 0.0225. The molecule has 296 valence electrons. The van der Waals surface area contributed by atoms with Crippen LogP contribution in [-0.2, 0) is 27.9 Å². The monoisotopic (exact) mass is 739 g/mol. The van der Waals surface area contributed by atoms with Crippen LogP contribution in [0.1, 0.15) is 142 Å². The minimum absolute atomic E-state index is 0.0779. The lowest BCUT2D eigenvalue weighted by molar-refractivity contribution is -0.870. The molecule has 0 radical (unpaired) electrons. The Balaban J connectivity index is 4.37. The highest BCUT2D eigenvalue weighted by Crippen LogP contribution is 2.43. The van der Waals surface area contributed by atoms with Crippen LogP contribution in [0.5, 0.6) is 0 Å². The molecule has 2 unspecified atom stereocenters. The molecule has 0 aliphatic heterocycles. The Bertz CT molecular complexity index is 1000. The Labute approximate surface area is 313 Å². The van der Waals surface area contributed by atoms with Crippen molar-refractivity contribution in [2.45, 2.75) is 148 Å². The van der Waals surface area contributed by atoms with E-state index in [2.05, 4.69) is 74.6 Å². The molecule has 0 fully saturated rings. The van der Waals surface area contributed by atoms with Crippen LogP contribution in [0.15, 0.2) is 60.8 Å². The number of unbranched alkanes of at least 4 members (excludes halogenated alkanes) is 12. The number of phosphoric acid groups is 1. The van der Waals surface area contributed by atoms with Gasteiger partial charge < -0.3 is 18.9 Å². The fourth-order valence-corrected chi connectivity index (χ4v) is 5.69. The molecule has 0 saturated heterocycles. The maximum atomic E-state index is 12.6. The highest BCUT2D eigenvalue weighted by atomic mass is 31.2. The number of likely N-dealkylation sites (N-methyl/N-ethyl adjacent to an activating group) is 1. The second-order valence-corrected chi connectivity index (χ2v) is 15.7. The van der Waals surface area contributed by atoms with Crippen LogP contribution < -0.4 is 0 Å². The van der Waals surface area contributed by atoms with E-state index in [0.717, 1.165) is 83.5 Å². The van der Waals surface area contributed by atoms with Gasteiger partial charge in [0, 0.05) is 13.0 Å². The first-order chi connectivity index (χ1) is 24.6. The van der Waals surface area contributed by atoms with Crippen molar-refractivity contribution in [1.29, 1.82) is 0 Å². The standard InChI is InChI=1S/C42H76NO7P/c1-6-8-10-12-14-16-18-20-21-22-24-26-28-30-32-34-37-47-39-41(40-49-51(45,46)48-38-36-43(3,4)5)50-42(44)35-33-31-29-27-25-23-19-17-15-13-11-9-7-2/h8,10,14,16-17,19-21,24,26,41H,6-7,9,11-13,15,18,22-23,25,27-40H2,1-5H3/p+1/b10-8-,16-14-,19-17-,21-20-,26-24-. The minimum Gasteiger partial charge on any atom is -0.457 e. The van der Waals surface area contributed by atoms with Gasteiger partial charge in [-0.3, -0.25) is 13.8 Å². The minimum atomic E-state index is -4.28. The van der Waals surface area contributed by atoms with Gasteiger partial charge in [-0.25, -0.2) is 4.57 Å². The number of quaternary nitrogens is 1. The Hall–Kier alpha value is -1.80. The van der Waals surface area contributed by atoms with E-state index < -0.39 is 13.9 Å². The van der Waals surface area contributed by atoms with E-state index in [9.17, 15) is 14.3 Å². The molecule has 0 aromatic rings. The summed E-state index contributed by atoms with van der Waals surface area (Å²) < 4.78 is 34.8. The molecule has 0 rings (SSSR count). The molecule has 9 heteroatoms. The number of esters is 1. The van der Waals surface area contributed by atoms with Gasteiger partial charge in [0.2, 0.25) is 0 Å². The maximum Gasteiger partial charge on any atom is 0.472 e. The van der Waals surface area contributed by atoms with Gasteiger partial charge in [-0.1, -0.05) is 120 Å². The highest BCUT2D eigenvalue weighted by Gasteiger charge is 2.26. The number of carbonyl (C=O) groups excluding carboxylic acids is 1. The number of allylic oxidation sites excluding steroid dienone is 10. The Morgan fingerprint density at radius 3 is 1.73 bits per heavy atom. The van der Waals surface area contributed by atoms with E-state index in [-0.39, 0.29) is 25.8 Å². The summed E-state index contributed by atoms with van der Waals surface area (Å²) in [6, 6.07) is 0. The van der Waals surface area contributed by atoms with E-state index in [4.69, 9.17) is 18.5 Å². The van der Waals surface area contributed by atoms with Crippen molar-refractivity contribution in [3.05, 3.63) is 60.8 Å². The van der Waals surface area contributed by atoms with Crippen molar-refractivity contribution in [3.63, 3.8) is 0 Å². The summed E-state index contributed by atoms with van der Waals surface area (Å²) in [6.07, 6.45) is 42.5. The Morgan fingerprint density at radius 2 is 1.14 bits per heavy atom. The molecule has 0 aliphatic carbocycles. The Morgan fingerprint density at radius 1 is 0.627 bits per heavy atom. The van der Waals surface area contributed by atoms with Crippen LogP contribution in [0.4, 0.5) is 0 Å². The molecule has 0 aromatic carbocycles. The first-order valence-electron chi connectivity index (χ1n) is 20.0. The molecule has 51 heavy (non-hydrogen) atoms. The summed E-state index contributed by atoms with van der Waals surface area (Å²) in [4.78, 5) is 22.8. The topological polar surface area (TPSA) is 91.3 Å². The summed E-state index contributed by atoms with van der Waals surface area (Å²) >= 11 is 0. The second kappa shape index (κ2) is 35.2. The van der Waals surface area contributed by atoms with Gasteiger partial charge in [0.05, 0.1) is 34.4 Å². The van der Waals surface area contributed by atoms with E-state index >= 15 is 0 Å². The van der Waals surface area contributed by atoms with Crippen LogP contribution in [-0.4, -0.2) is 75.6 Å². The average Bonchev–Trinajstić information content (AvgIpc) is 3.08. The summed E-state index contributed by atoms with van der Waals surface area (Å²) in [7, 11) is 1.63. The van der Waals surface area contributed by atoms with Gasteiger partial charge in [0.1, 0.15) is 19.3 Å². The van der Waals surface area contributed by atoms with Gasteiger partial charge in [0.25, 0.3) is 0 Å². The zero-order valence-corrected chi connectivity index (χ0v) is 34.2. The third-order valence-corrected chi connectivity index (χ3v) is 9.05. The lowest BCUT2D eigenvalue weighted by Gasteiger charge is -2.24. The normalized spacial score (nSPS) is 14.5. The Kier molecular flexibility index (Phi) is 34.0. The number of nitrogens with zero attached hydrogens (tertiary/aromatic N) is 1. The fourth-order valence-electron chi connectivity index (χ4n) is 4.95. The van der Waals surface area contributed by atoms with E-state index in [0.29, 0.717) is 24.1 Å². The lowest BCUT2D eigenvalue weighted by Crippen LogP contribution is -2.37. The van der Waals surface area contributed by atoms with Crippen LogP contribution in [0.3, 0.4) is 0 Å². The van der Waals surface area contributed by atoms with E-state index in [1.807, 2.05) is 21.1 Å². The molecular weight excluding hydrogens is 661 g/mol. The largest absolute Gasteiger partial charge is 0.472 e. The van der Waals surface area contributed by atoms with E-state index in [1.54, 1.807) is 0 Å². The molecule has 0 amide bonds. The summed E-state index contributed by atoms with van der Waals surface area (Å²) in [6.45, 7) is 5.38. The maximum absolute atomic E-state index is 12.6. The van der Waals surface area contributed by atoms with Crippen LogP contribution in [0.25, 0.3) is 0 Å². The van der Waals surface area contributed by atoms with Crippen LogP contribution in [0, 0.1) is 0 Å². The molecule has 0 saturated carbocycles. The number of phosphoric ester groups is 1. The molecule has 0 spiro atoms. The molecular formula is C42H77NO7P+. The van der Waals surface area contributed by atoms with Gasteiger partial charge in [-0.2, -0.15) is 0 Å². The zero-order chi connectivity index (χ0) is 37.7. The SMILES string of the molecule is CC/C=C\C/C=C\C/C=C\C/C=C\CCCCCOCC(COP(=O)(O)OCC[N+](C)(C)C)OC(=O)CCCCCCC/C=C\CCCCCC. The third kappa shape index (κ3) is 39.2. The van der Waals surface area contributed by atoms with Gasteiger partial charge in [-0.05, 0) is 77.0 Å². The lowest BCUT2D eigenvalue weighted by atomic mass is 10.1. The molecule has 0 bridgehead atoms. The molecule has 0 heterocycles. The third-order valence-electron chi connectivity index (χ3n) is 8.06. The molecule has 0 aliphatic rings. The number of hydrogen-bond donors (Lipinski definition) is 1. The summed E-state index contributed by atoms with van der Waals surface area (Å²) in [5, 5.41) is 0. The van der Waals surface area contributed by atoms with Crippen molar-refractivity contribution in [1.82, 2.24) is 0 Å². The van der Waals surface area contributed by atoms with Crippen molar-refractivity contribution < 1.29 is 37.3 Å². The summed E-state index contributed by atoms with van der Waals surface area (Å²) in [5.41, 5.74) is 0. The first-order valence-corrected chi connectivity index (χ1v) is 21.5. The van der Waals surface area contributed by atoms with Crippen LogP contribution >= 0.6 is 7.82 Å². The van der Waals surface area contributed by atoms with Gasteiger partial charge >= 0.3 is 13.8 Å². The number of rotatable bonds is 36. The van der Waals surface area contributed by atoms with Crippen molar-refractivity contribution in [3.8, 4) is 0 Å². The zero-order valence-electron chi connectivity index (χ0n) is 33.3. The van der Waals surface area contributed by atoms with Gasteiger partial charge in [-0.15, -0.1) is 0 Å². The number of hydrogen-bond acceptors (Lipinski definition) is 6. The summed E-state index contributed by atoms with van der Waals surface area (Å²) in [5.74, 6) is -0.338. The smallest absolute Gasteiger partial charge is 0.457 e. The van der Waals surface area contributed by atoms with Crippen molar-refractivity contribution in [2.24, 2.45) is 0 Å². The second-order valence-electron chi connectivity index (χ2n) is 14.3. The number of ether oxygens (including phenoxy) is 2.